The average molecular weight is 229 g/mol. The van der Waals surface area contributed by atoms with Gasteiger partial charge >= 0.3 is 0 Å². The number of rotatable bonds is 3. The maximum absolute atomic E-state index is 4.65. The predicted molar refractivity (Wildman–Crippen MR) is 70.8 cm³/mol. The lowest BCUT2D eigenvalue weighted by Gasteiger charge is -2.28. The summed E-state index contributed by atoms with van der Waals surface area (Å²) in [4.78, 5) is 9.13. The van der Waals surface area contributed by atoms with Gasteiger partial charge in [-0.3, -0.25) is 4.99 Å². The molecule has 0 bridgehead atoms. The minimum absolute atomic E-state index is 0.632. The van der Waals surface area contributed by atoms with Crippen molar-refractivity contribution in [3.8, 4) is 0 Å². The van der Waals surface area contributed by atoms with E-state index in [4.69, 9.17) is 0 Å². The highest BCUT2D eigenvalue weighted by molar-refractivity contribution is 6.04. The Labute approximate surface area is 102 Å². The van der Waals surface area contributed by atoms with E-state index in [2.05, 4.69) is 21.4 Å². The van der Waals surface area contributed by atoms with Gasteiger partial charge in [0.1, 0.15) is 5.82 Å². The minimum atomic E-state index is 0.632. The second-order valence-corrected chi connectivity index (χ2v) is 4.96. The SMILES string of the molecule is c1cnc(NC2CCC2)c(C2=NCCCC2)c1. The molecule has 3 rings (SSSR count). The fourth-order valence-corrected chi connectivity index (χ4v) is 2.42. The Morgan fingerprint density at radius 1 is 1.18 bits per heavy atom. The molecule has 3 heteroatoms. The molecule has 0 unspecified atom stereocenters. The van der Waals surface area contributed by atoms with Gasteiger partial charge in [0, 0.05) is 30.1 Å². The lowest BCUT2D eigenvalue weighted by Crippen LogP contribution is -2.28. The minimum Gasteiger partial charge on any atom is -0.367 e. The Bertz CT molecular complexity index is 421. The van der Waals surface area contributed by atoms with E-state index in [9.17, 15) is 0 Å². The van der Waals surface area contributed by atoms with Crippen LogP contribution in [0.15, 0.2) is 23.3 Å². The maximum Gasteiger partial charge on any atom is 0.135 e. The zero-order chi connectivity index (χ0) is 11.5. The van der Waals surface area contributed by atoms with E-state index in [1.807, 2.05) is 12.3 Å². The standard InChI is InChI=1S/C14H19N3/c1-2-9-15-13(8-1)12-7-4-10-16-14(12)17-11-5-3-6-11/h4,7,10-11H,1-3,5-6,8-9H2,(H,16,17). The summed E-state index contributed by atoms with van der Waals surface area (Å²) in [6.45, 7) is 0.979. The van der Waals surface area contributed by atoms with Crippen LogP contribution in [0.1, 0.15) is 44.1 Å². The van der Waals surface area contributed by atoms with E-state index in [0.29, 0.717) is 6.04 Å². The molecule has 2 heterocycles. The van der Waals surface area contributed by atoms with Crippen molar-refractivity contribution in [3.05, 3.63) is 23.9 Å². The van der Waals surface area contributed by atoms with Crippen molar-refractivity contribution < 1.29 is 0 Å². The lowest BCUT2D eigenvalue weighted by atomic mass is 9.92. The first-order valence-corrected chi connectivity index (χ1v) is 6.69. The summed E-state index contributed by atoms with van der Waals surface area (Å²) in [6.07, 6.45) is 9.37. The van der Waals surface area contributed by atoms with Gasteiger partial charge in [0.05, 0.1) is 0 Å². The molecule has 2 aliphatic rings. The molecule has 1 saturated carbocycles. The van der Waals surface area contributed by atoms with Crippen LogP contribution in [-0.2, 0) is 0 Å². The molecule has 0 spiro atoms. The van der Waals surface area contributed by atoms with E-state index >= 15 is 0 Å². The molecular formula is C14H19N3. The van der Waals surface area contributed by atoms with Gasteiger partial charge in [-0.1, -0.05) is 0 Å². The van der Waals surface area contributed by atoms with Crippen molar-refractivity contribution in [2.45, 2.75) is 44.6 Å². The number of aliphatic imine (C=N–C) groups is 1. The largest absolute Gasteiger partial charge is 0.367 e. The number of hydrogen-bond acceptors (Lipinski definition) is 3. The highest BCUT2D eigenvalue weighted by Crippen LogP contribution is 2.25. The van der Waals surface area contributed by atoms with Crippen molar-refractivity contribution in [2.75, 3.05) is 11.9 Å². The van der Waals surface area contributed by atoms with E-state index in [1.54, 1.807) is 0 Å². The van der Waals surface area contributed by atoms with E-state index in [0.717, 1.165) is 18.8 Å². The number of anilines is 1. The second-order valence-electron chi connectivity index (χ2n) is 4.96. The number of nitrogens with zero attached hydrogens (tertiary/aromatic N) is 2. The molecule has 0 atom stereocenters. The predicted octanol–water partition coefficient (Wildman–Crippen LogP) is 3.02. The molecule has 1 N–H and O–H groups in total. The highest BCUT2D eigenvalue weighted by Gasteiger charge is 2.20. The first-order valence-electron chi connectivity index (χ1n) is 6.69. The molecule has 1 fully saturated rings. The number of hydrogen-bond donors (Lipinski definition) is 1. The van der Waals surface area contributed by atoms with Gasteiger partial charge in [-0.15, -0.1) is 0 Å². The first kappa shape index (κ1) is 10.8. The van der Waals surface area contributed by atoms with Crippen molar-refractivity contribution in [3.63, 3.8) is 0 Å². The quantitative estimate of drug-likeness (QED) is 0.865. The van der Waals surface area contributed by atoms with Crippen LogP contribution in [0.5, 0.6) is 0 Å². The third-order valence-corrected chi connectivity index (χ3v) is 3.69. The van der Waals surface area contributed by atoms with Gasteiger partial charge in [0.15, 0.2) is 0 Å². The van der Waals surface area contributed by atoms with Gasteiger partial charge < -0.3 is 5.32 Å². The normalized spacial score (nSPS) is 20.6. The summed E-state index contributed by atoms with van der Waals surface area (Å²) in [5.74, 6) is 1.04. The van der Waals surface area contributed by atoms with Crippen LogP contribution in [0.4, 0.5) is 5.82 Å². The fraction of sp³-hybridized carbons (Fsp3) is 0.571. The molecule has 0 radical (unpaired) electrons. The van der Waals surface area contributed by atoms with Crippen LogP contribution in [0.25, 0.3) is 0 Å². The Balaban J connectivity index is 1.84. The molecular weight excluding hydrogens is 210 g/mol. The van der Waals surface area contributed by atoms with Crippen molar-refractivity contribution in [2.24, 2.45) is 4.99 Å². The van der Waals surface area contributed by atoms with Gasteiger partial charge in [-0.25, -0.2) is 4.98 Å². The topological polar surface area (TPSA) is 37.3 Å². The molecule has 1 aliphatic heterocycles. The van der Waals surface area contributed by atoms with E-state index in [1.165, 1.54) is 43.4 Å². The van der Waals surface area contributed by atoms with Gasteiger partial charge in [-0.05, 0) is 50.7 Å². The molecule has 0 aromatic carbocycles. The third-order valence-electron chi connectivity index (χ3n) is 3.69. The Morgan fingerprint density at radius 2 is 2.12 bits per heavy atom. The number of aromatic nitrogens is 1. The summed E-state index contributed by atoms with van der Waals surface area (Å²) >= 11 is 0. The Hall–Kier alpha value is -1.38. The molecule has 90 valence electrons. The van der Waals surface area contributed by atoms with Crippen molar-refractivity contribution in [1.82, 2.24) is 4.98 Å². The third kappa shape index (κ3) is 2.33. The molecule has 3 nitrogen and oxygen atoms in total. The van der Waals surface area contributed by atoms with E-state index < -0.39 is 0 Å². The second kappa shape index (κ2) is 4.86. The Kier molecular flexibility index (Phi) is 3.08. The summed E-state index contributed by atoms with van der Waals surface area (Å²) < 4.78 is 0. The van der Waals surface area contributed by atoms with Crippen molar-refractivity contribution >= 4 is 11.5 Å². The zero-order valence-corrected chi connectivity index (χ0v) is 10.2. The van der Waals surface area contributed by atoms with Crippen LogP contribution in [0.3, 0.4) is 0 Å². The maximum atomic E-state index is 4.65. The van der Waals surface area contributed by atoms with Crippen LogP contribution >= 0.6 is 0 Å². The lowest BCUT2D eigenvalue weighted by molar-refractivity contribution is 0.444. The first-order chi connectivity index (χ1) is 8.43. The summed E-state index contributed by atoms with van der Waals surface area (Å²) in [6, 6.07) is 4.80. The van der Waals surface area contributed by atoms with Crippen LogP contribution in [-0.4, -0.2) is 23.3 Å². The molecule has 17 heavy (non-hydrogen) atoms. The molecule has 0 saturated heterocycles. The molecule has 1 aromatic rings. The van der Waals surface area contributed by atoms with Gasteiger partial charge in [0.2, 0.25) is 0 Å². The number of nitrogens with one attached hydrogen (secondary N) is 1. The van der Waals surface area contributed by atoms with E-state index in [-0.39, 0.29) is 0 Å². The summed E-state index contributed by atoms with van der Waals surface area (Å²) in [5.41, 5.74) is 2.46. The Morgan fingerprint density at radius 3 is 2.82 bits per heavy atom. The van der Waals surface area contributed by atoms with Gasteiger partial charge in [-0.2, -0.15) is 0 Å². The fourth-order valence-electron chi connectivity index (χ4n) is 2.42. The van der Waals surface area contributed by atoms with Crippen LogP contribution < -0.4 is 5.32 Å². The van der Waals surface area contributed by atoms with Crippen LogP contribution in [0.2, 0.25) is 0 Å². The number of pyridine rings is 1. The zero-order valence-electron chi connectivity index (χ0n) is 10.2. The van der Waals surface area contributed by atoms with Crippen LogP contribution in [0, 0.1) is 0 Å². The summed E-state index contributed by atoms with van der Waals surface area (Å²) in [5, 5.41) is 3.55. The average Bonchev–Trinajstić information content (AvgIpc) is 2.35. The monoisotopic (exact) mass is 229 g/mol. The summed E-state index contributed by atoms with van der Waals surface area (Å²) in [7, 11) is 0. The molecule has 1 aromatic heterocycles. The molecule has 1 aliphatic carbocycles. The van der Waals surface area contributed by atoms with Crippen molar-refractivity contribution in [1.29, 1.82) is 0 Å². The highest BCUT2D eigenvalue weighted by atomic mass is 15.0. The molecule has 0 amide bonds. The van der Waals surface area contributed by atoms with Gasteiger partial charge in [0.25, 0.3) is 0 Å². The smallest absolute Gasteiger partial charge is 0.135 e.